The number of hydrogen-bond donors (Lipinski definition) is 1. The molecule has 6 heteroatoms. The molecule has 0 bridgehead atoms. The van der Waals surface area contributed by atoms with Gasteiger partial charge in [-0.15, -0.1) is 0 Å². The monoisotopic (exact) mass is 224 g/mol. The molecule has 0 saturated carbocycles. The van der Waals surface area contributed by atoms with Crippen LogP contribution in [-0.4, -0.2) is 46.9 Å². The zero-order valence-corrected chi connectivity index (χ0v) is 9.13. The zero-order chi connectivity index (χ0) is 11.4. The zero-order valence-electron chi connectivity index (χ0n) is 9.13. The summed E-state index contributed by atoms with van der Waals surface area (Å²) in [6.07, 6.45) is 4.10. The summed E-state index contributed by atoms with van der Waals surface area (Å²) in [5.41, 5.74) is 6.11. The molecule has 88 valence electrons. The van der Waals surface area contributed by atoms with Crippen molar-refractivity contribution in [1.82, 2.24) is 14.7 Å². The molecule has 0 unspecified atom stereocenters. The summed E-state index contributed by atoms with van der Waals surface area (Å²) in [7, 11) is 0. The van der Waals surface area contributed by atoms with Crippen LogP contribution < -0.4 is 5.73 Å². The summed E-state index contributed by atoms with van der Waals surface area (Å²) >= 11 is 0. The van der Waals surface area contributed by atoms with Crippen LogP contribution in [0.1, 0.15) is 6.42 Å². The Morgan fingerprint density at radius 2 is 2.38 bits per heavy atom. The highest BCUT2D eigenvalue weighted by atomic mass is 16.5. The molecule has 0 aliphatic carbocycles. The third-order valence-corrected chi connectivity index (χ3v) is 2.53. The second-order valence-electron chi connectivity index (χ2n) is 3.82. The fourth-order valence-corrected chi connectivity index (χ4v) is 1.70. The molecule has 1 amide bonds. The summed E-state index contributed by atoms with van der Waals surface area (Å²) < 4.78 is 6.85. The number of aromatic nitrogens is 2. The van der Waals surface area contributed by atoms with Crippen molar-refractivity contribution < 1.29 is 9.53 Å². The van der Waals surface area contributed by atoms with E-state index in [-0.39, 0.29) is 12.5 Å². The summed E-state index contributed by atoms with van der Waals surface area (Å²) in [5.74, 6) is 0.0635. The smallest absolute Gasteiger partial charge is 0.244 e. The SMILES string of the molecule is Nc1cnn(CC(=O)N2CCCOCC2)c1. The van der Waals surface area contributed by atoms with Crippen molar-refractivity contribution in [2.75, 3.05) is 32.0 Å². The van der Waals surface area contributed by atoms with E-state index in [1.54, 1.807) is 17.1 Å². The molecule has 1 aromatic heterocycles. The van der Waals surface area contributed by atoms with E-state index in [2.05, 4.69) is 5.10 Å². The summed E-state index contributed by atoms with van der Waals surface area (Å²) in [5, 5.41) is 3.99. The van der Waals surface area contributed by atoms with Gasteiger partial charge in [0.25, 0.3) is 0 Å². The van der Waals surface area contributed by atoms with Crippen LogP contribution >= 0.6 is 0 Å². The Hall–Kier alpha value is -1.56. The highest BCUT2D eigenvalue weighted by Crippen LogP contribution is 2.03. The van der Waals surface area contributed by atoms with Crippen molar-refractivity contribution in [3.8, 4) is 0 Å². The third kappa shape index (κ3) is 2.73. The van der Waals surface area contributed by atoms with Gasteiger partial charge >= 0.3 is 0 Å². The lowest BCUT2D eigenvalue weighted by molar-refractivity contribution is -0.132. The summed E-state index contributed by atoms with van der Waals surface area (Å²) in [6, 6.07) is 0. The molecule has 1 aliphatic heterocycles. The molecule has 0 atom stereocenters. The van der Waals surface area contributed by atoms with Gasteiger partial charge in [-0.05, 0) is 6.42 Å². The van der Waals surface area contributed by atoms with Crippen molar-refractivity contribution in [1.29, 1.82) is 0 Å². The van der Waals surface area contributed by atoms with Crippen LogP contribution in [0.5, 0.6) is 0 Å². The minimum Gasteiger partial charge on any atom is -0.396 e. The Morgan fingerprint density at radius 1 is 1.50 bits per heavy atom. The van der Waals surface area contributed by atoms with Gasteiger partial charge in [0.1, 0.15) is 6.54 Å². The second kappa shape index (κ2) is 4.98. The second-order valence-corrected chi connectivity index (χ2v) is 3.82. The minimum absolute atomic E-state index is 0.0635. The Bertz CT molecular complexity index is 355. The average Bonchev–Trinajstić information content (AvgIpc) is 2.56. The topological polar surface area (TPSA) is 73.4 Å². The molecule has 0 radical (unpaired) electrons. The van der Waals surface area contributed by atoms with Gasteiger partial charge in [0.15, 0.2) is 0 Å². The Balaban J connectivity index is 1.91. The molecule has 6 nitrogen and oxygen atoms in total. The molecule has 2 heterocycles. The van der Waals surface area contributed by atoms with Crippen LogP contribution in [0.4, 0.5) is 5.69 Å². The number of ether oxygens (including phenoxy) is 1. The highest BCUT2D eigenvalue weighted by molar-refractivity contribution is 5.76. The van der Waals surface area contributed by atoms with Gasteiger partial charge < -0.3 is 15.4 Å². The van der Waals surface area contributed by atoms with Crippen molar-refractivity contribution in [2.45, 2.75) is 13.0 Å². The Morgan fingerprint density at radius 3 is 3.12 bits per heavy atom. The first-order valence-electron chi connectivity index (χ1n) is 5.39. The first-order chi connectivity index (χ1) is 7.75. The number of nitrogens with two attached hydrogens (primary N) is 1. The average molecular weight is 224 g/mol. The van der Waals surface area contributed by atoms with Crippen molar-refractivity contribution >= 4 is 11.6 Å². The van der Waals surface area contributed by atoms with Gasteiger partial charge in [-0.2, -0.15) is 5.10 Å². The molecule has 2 N–H and O–H groups in total. The molecule has 1 saturated heterocycles. The molecular formula is C10H16N4O2. The van der Waals surface area contributed by atoms with Crippen LogP contribution in [-0.2, 0) is 16.1 Å². The van der Waals surface area contributed by atoms with Crippen LogP contribution in [0.2, 0.25) is 0 Å². The number of rotatable bonds is 2. The van der Waals surface area contributed by atoms with E-state index in [1.807, 2.05) is 4.90 Å². The van der Waals surface area contributed by atoms with E-state index >= 15 is 0 Å². The van der Waals surface area contributed by atoms with Crippen molar-refractivity contribution in [3.63, 3.8) is 0 Å². The van der Waals surface area contributed by atoms with Crippen LogP contribution in [0.25, 0.3) is 0 Å². The van der Waals surface area contributed by atoms with Crippen LogP contribution in [0.15, 0.2) is 12.4 Å². The fourth-order valence-electron chi connectivity index (χ4n) is 1.70. The van der Waals surface area contributed by atoms with E-state index < -0.39 is 0 Å². The fraction of sp³-hybridized carbons (Fsp3) is 0.600. The number of anilines is 1. The minimum atomic E-state index is 0.0635. The van der Waals surface area contributed by atoms with E-state index in [0.717, 1.165) is 19.6 Å². The first-order valence-corrected chi connectivity index (χ1v) is 5.39. The van der Waals surface area contributed by atoms with E-state index in [4.69, 9.17) is 10.5 Å². The predicted molar refractivity (Wildman–Crippen MR) is 58.7 cm³/mol. The first kappa shape index (κ1) is 10.9. The predicted octanol–water partition coefficient (Wildman–Crippen LogP) is -0.286. The molecule has 1 fully saturated rings. The standard InChI is InChI=1S/C10H16N4O2/c11-9-6-12-14(7-9)8-10(15)13-2-1-4-16-5-3-13/h6-7H,1-5,8,11H2. The molecule has 1 aliphatic rings. The lowest BCUT2D eigenvalue weighted by Crippen LogP contribution is -2.35. The molecule has 1 aromatic rings. The highest BCUT2D eigenvalue weighted by Gasteiger charge is 2.16. The van der Waals surface area contributed by atoms with Gasteiger partial charge in [0.05, 0.1) is 18.5 Å². The summed E-state index contributed by atoms with van der Waals surface area (Å²) in [6.45, 7) is 3.02. The maximum Gasteiger partial charge on any atom is 0.244 e. The quantitative estimate of drug-likeness (QED) is 0.749. The third-order valence-electron chi connectivity index (χ3n) is 2.53. The number of carbonyl (C=O) groups excluding carboxylic acids is 1. The maximum atomic E-state index is 11.9. The van der Waals surface area contributed by atoms with Gasteiger partial charge in [0, 0.05) is 25.9 Å². The van der Waals surface area contributed by atoms with Crippen LogP contribution in [0.3, 0.4) is 0 Å². The number of nitrogens with zero attached hydrogens (tertiary/aromatic N) is 3. The van der Waals surface area contributed by atoms with E-state index in [0.29, 0.717) is 18.8 Å². The van der Waals surface area contributed by atoms with E-state index in [9.17, 15) is 4.79 Å². The van der Waals surface area contributed by atoms with Gasteiger partial charge in [-0.1, -0.05) is 0 Å². The molecule has 0 aromatic carbocycles. The molecule has 2 rings (SSSR count). The number of carbonyl (C=O) groups is 1. The number of nitrogen functional groups attached to an aromatic ring is 1. The lowest BCUT2D eigenvalue weighted by Gasteiger charge is -2.19. The normalized spacial score (nSPS) is 17.1. The van der Waals surface area contributed by atoms with E-state index in [1.165, 1.54) is 0 Å². The maximum absolute atomic E-state index is 11.9. The Kier molecular flexibility index (Phi) is 3.40. The van der Waals surface area contributed by atoms with Gasteiger partial charge in [-0.3, -0.25) is 9.48 Å². The largest absolute Gasteiger partial charge is 0.396 e. The van der Waals surface area contributed by atoms with Crippen molar-refractivity contribution in [3.05, 3.63) is 12.4 Å². The molecule has 16 heavy (non-hydrogen) atoms. The van der Waals surface area contributed by atoms with Crippen molar-refractivity contribution in [2.24, 2.45) is 0 Å². The number of hydrogen-bond acceptors (Lipinski definition) is 4. The van der Waals surface area contributed by atoms with Gasteiger partial charge in [0.2, 0.25) is 5.91 Å². The Labute approximate surface area is 94.0 Å². The van der Waals surface area contributed by atoms with Crippen LogP contribution in [0, 0.1) is 0 Å². The summed E-state index contributed by atoms with van der Waals surface area (Å²) in [4.78, 5) is 13.7. The number of amides is 1. The van der Waals surface area contributed by atoms with Gasteiger partial charge in [-0.25, -0.2) is 0 Å². The molecular weight excluding hydrogens is 208 g/mol. The molecule has 0 spiro atoms. The lowest BCUT2D eigenvalue weighted by atomic mass is 10.4.